The van der Waals surface area contributed by atoms with E-state index in [-0.39, 0.29) is 24.0 Å². The number of hydrogen-bond acceptors (Lipinski definition) is 14. The fourth-order valence-electron chi connectivity index (χ4n) is 6.54. The second kappa shape index (κ2) is 16.4. The minimum atomic E-state index is -4.48. The summed E-state index contributed by atoms with van der Waals surface area (Å²) in [6.45, 7) is 7.32. The molecule has 2 aromatic heterocycles. The quantitative estimate of drug-likeness (QED) is 0.126. The Morgan fingerprint density at radius 3 is 2.56 bits per heavy atom. The van der Waals surface area contributed by atoms with Crippen molar-refractivity contribution < 1.29 is 46.9 Å². The van der Waals surface area contributed by atoms with Gasteiger partial charge in [-0.3, -0.25) is 18.9 Å². The molecule has 2 aliphatic rings. The van der Waals surface area contributed by atoms with Gasteiger partial charge in [0.15, 0.2) is 18.0 Å². The first-order valence-electron chi connectivity index (χ1n) is 17.4. The summed E-state index contributed by atoms with van der Waals surface area (Å²) in [5.41, 5.74) is 6.26. The van der Waals surface area contributed by atoms with Gasteiger partial charge >= 0.3 is 25.7 Å². The van der Waals surface area contributed by atoms with Crippen molar-refractivity contribution >= 4 is 37.0 Å². The number of aromatic nitrogens is 3. The lowest BCUT2D eigenvalue weighted by atomic mass is 9.91. The third-order valence-corrected chi connectivity index (χ3v) is 11.0. The first kappa shape index (κ1) is 38.7. The number of nitrogens with zero attached hydrogens (tertiary/aromatic N) is 4. The SMILES string of the molecule is CCC(CC)COC(=O)[C@H](C)N[P@@](=O)(OC[C@H]1O[C@@](C#N)(c2ccc3c(N)ncnn23)[C@H](OC(C)=O)[C@@H]1OC(C)=O)Oc1cccc2c1CCCC2. The fourth-order valence-corrected chi connectivity index (χ4v) is 8.07. The van der Waals surface area contributed by atoms with Crippen LogP contribution in [-0.4, -0.2) is 70.1 Å². The Kier molecular flexibility index (Phi) is 12.2. The Labute approximate surface area is 301 Å². The molecule has 5 rings (SSSR count). The van der Waals surface area contributed by atoms with Crippen molar-refractivity contribution in [2.75, 3.05) is 18.9 Å². The van der Waals surface area contributed by atoms with Gasteiger partial charge in [0.2, 0.25) is 5.60 Å². The van der Waals surface area contributed by atoms with Gasteiger partial charge in [-0.15, -0.1) is 0 Å². The van der Waals surface area contributed by atoms with Crippen LogP contribution in [-0.2, 0) is 60.9 Å². The van der Waals surface area contributed by atoms with Gasteiger partial charge in [0.25, 0.3) is 0 Å². The summed E-state index contributed by atoms with van der Waals surface area (Å²) in [7, 11) is -4.48. The molecule has 0 unspecified atom stereocenters. The second-order valence-electron chi connectivity index (χ2n) is 12.9. The average molecular weight is 741 g/mol. The maximum Gasteiger partial charge on any atom is 0.459 e. The summed E-state index contributed by atoms with van der Waals surface area (Å²) >= 11 is 0. The van der Waals surface area contributed by atoms with Crippen LogP contribution in [0.2, 0.25) is 0 Å². The summed E-state index contributed by atoms with van der Waals surface area (Å²) in [5.74, 6) is -1.66. The predicted octanol–water partition coefficient (Wildman–Crippen LogP) is 4.33. The molecule has 3 N–H and O–H groups in total. The number of fused-ring (bicyclic) bond motifs is 2. The average Bonchev–Trinajstić information content (AvgIpc) is 3.68. The molecule has 1 aliphatic carbocycles. The van der Waals surface area contributed by atoms with Crippen LogP contribution in [0.3, 0.4) is 0 Å². The lowest BCUT2D eigenvalue weighted by molar-refractivity contribution is -0.166. The van der Waals surface area contributed by atoms with E-state index < -0.39 is 62.2 Å². The van der Waals surface area contributed by atoms with E-state index in [0.29, 0.717) is 17.7 Å². The van der Waals surface area contributed by atoms with Gasteiger partial charge in [-0.1, -0.05) is 38.8 Å². The number of carbonyl (C=O) groups is 3. The first-order chi connectivity index (χ1) is 24.8. The topological polar surface area (TPSA) is 216 Å². The smallest absolute Gasteiger partial charge is 0.459 e. The zero-order valence-electron chi connectivity index (χ0n) is 29.9. The van der Waals surface area contributed by atoms with Gasteiger partial charge < -0.3 is 29.2 Å². The number of nitrogen functional groups attached to an aromatic ring is 1. The Morgan fingerprint density at radius 1 is 1.13 bits per heavy atom. The van der Waals surface area contributed by atoms with Crippen LogP contribution in [0.4, 0.5) is 5.82 Å². The highest BCUT2D eigenvalue weighted by molar-refractivity contribution is 7.52. The van der Waals surface area contributed by atoms with E-state index in [2.05, 4.69) is 21.2 Å². The number of nitriles is 1. The maximum atomic E-state index is 14.7. The van der Waals surface area contributed by atoms with Crippen LogP contribution in [0.15, 0.2) is 36.7 Å². The molecule has 3 aromatic rings. The van der Waals surface area contributed by atoms with Crippen molar-refractivity contribution in [2.45, 2.75) is 103 Å². The number of anilines is 1. The zero-order valence-corrected chi connectivity index (χ0v) is 30.8. The maximum absolute atomic E-state index is 14.7. The Bertz CT molecular complexity index is 1880. The first-order valence-corrected chi connectivity index (χ1v) is 18.9. The highest BCUT2D eigenvalue weighted by Crippen LogP contribution is 2.50. The van der Waals surface area contributed by atoms with Gasteiger partial charge in [0.1, 0.15) is 35.8 Å². The lowest BCUT2D eigenvalue weighted by Crippen LogP contribution is -2.45. The third kappa shape index (κ3) is 8.23. The summed E-state index contributed by atoms with van der Waals surface area (Å²) in [6, 6.07) is 9.44. The van der Waals surface area contributed by atoms with Crippen LogP contribution in [0.1, 0.15) is 77.1 Å². The number of carbonyl (C=O) groups excluding carboxylic acids is 3. The van der Waals surface area contributed by atoms with Crippen LogP contribution < -0.4 is 15.3 Å². The van der Waals surface area contributed by atoms with Crippen molar-refractivity contribution in [1.82, 2.24) is 19.7 Å². The van der Waals surface area contributed by atoms with Crippen molar-refractivity contribution in [2.24, 2.45) is 5.92 Å². The highest BCUT2D eigenvalue weighted by Gasteiger charge is 2.62. The van der Waals surface area contributed by atoms with Crippen molar-refractivity contribution in [1.29, 1.82) is 5.26 Å². The monoisotopic (exact) mass is 740 g/mol. The van der Waals surface area contributed by atoms with E-state index in [0.717, 1.165) is 57.1 Å². The third-order valence-electron chi connectivity index (χ3n) is 9.33. The Morgan fingerprint density at radius 2 is 1.87 bits per heavy atom. The number of nitrogens with one attached hydrogen (secondary N) is 1. The zero-order chi connectivity index (χ0) is 37.6. The minimum absolute atomic E-state index is 0.0901. The molecular formula is C35H45N6O10P. The fraction of sp³-hybridized carbons (Fsp3) is 0.543. The number of rotatable bonds is 15. The van der Waals surface area contributed by atoms with Gasteiger partial charge in [-0.05, 0) is 67.9 Å². The summed E-state index contributed by atoms with van der Waals surface area (Å²) < 4.78 is 51.3. The van der Waals surface area contributed by atoms with E-state index >= 15 is 0 Å². The predicted molar refractivity (Wildman–Crippen MR) is 186 cm³/mol. The molecule has 52 heavy (non-hydrogen) atoms. The minimum Gasteiger partial charge on any atom is -0.464 e. The van der Waals surface area contributed by atoms with Gasteiger partial charge in [-0.25, -0.2) is 14.1 Å². The molecule has 0 spiro atoms. The van der Waals surface area contributed by atoms with E-state index in [1.54, 1.807) is 18.2 Å². The molecule has 0 bridgehead atoms. The van der Waals surface area contributed by atoms with Crippen molar-refractivity contribution in [3.8, 4) is 11.8 Å². The lowest BCUT2D eigenvalue weighted by Gasteiger charge is -2.28. The molecule has 0 saturated carbocycles. The van der Waals surface area contributed by atoms with Crippen LogP contribution in [0, 0.1) is 17.2 Å². The van der Waals surface area contributed by atoms with Crippen molar-refractivity contribution in [3.05, 3.63) is 53.5 Å². The summed E-state index contributed by atoms with van der Waals surface area (Å²) in [5, 5.41) is 17.7. The van der Waals surface area contributed by atoms with Gasteiger partial charge in [-0.2, -0.15) is 15.4 Å². The molecule has 1 aliphatic heterocycles. The molecule has 0 radical (unpaired) electrons. The number of esters is 3. The number of nitrogens with two attached hydrogens (primary N) is 1. The number of hydrogen-bond donors (Lipinski definition) is 2. The molecule has 0 amide bonds. The summed E-state index contributed by atoms with van der Waals surface area (Å²) in [4.78, 5) is 42.0. The standard InChI is InChI=1S/C35H45N6O10P/c1-6-24(7-2)17-46-34(44)21(3)40-52(45,51-28-14-10-12-25-11-8-9-13-26(25)28)47-18-29-31(48-22(4)42)32(49-23(5)43)35(19-36,50-29)30-16-15-27-33(37)38-20-39-41(27)30/h10,12,14-16,20-21,24,29,31-32H,6-9,11,13,17-18H2,1-5H3,(H,40,45)(H2,37,38,39)/t21-,29+,31+,32+,35-,52+/m0/s1. The van der Waals surface area contributed by atoms with Gasteiger partial charge in [0, 0.05) is 13.8 Å². The molecule has 6 atom stereocenters. The largest absolute Gasteiger partial charge is 0.464 e. The van der Waals surface area contributed by atoms with E-state index in [1.807, 2.05) is 19.9 Å². The molecule has 3 heterocycles. The van der Waals surface area contributed by atoms with E-state index in [1.165, 1.54) is 23.8 Å². The molecule has 1 fully saturated rings. The highest BCUT2D eigenvalue weighted by atomic mass is 31.2. The number of aryl methyl sites for hydroxylation is 1. The van der Waals surface area contributed by atoms with Crippen LogP contribution in [0.25, 0.3) is 5.52 Å². The molecule has 1 aromatic carbocycles. The molecular weight excluding hydrogens is 695 g/mol. The van der Waals surface area contributed by atoms with E-state index in [4.69, 9.17) is 33.7 Å². The van der Waals surface area contributed by atoms with Crippen LogP contribution in [0.5, 0.6) is 5.75 Å². The van der Waals surface area contributed by atoms with Crippen molar-refractivity contribution in [3.63, 3.8) is 0 Å². The molecule has 17 heteroatoms. The summed E-state index contributed by atoms with van der Waals surface area (Å²) in [6.07, 6.45) is 1.88. The normalized spacial score (nSPS) is 22.9. The number of benzene rings is 1. The number of ether oxygens (including phenoxy) is 4. The molecule has 16 nitrogen and oxygen atoms in total. The van der Waals surface area contributed by atoms with E-state index in [9.17, 15) is 24.2 Å². The molecule has 280 valence electrons. The Balaban J connectivity index is 1.50. The van der Waals surface area contributed by atoms with Gasteiger partial charge in [0.05, 0.1) is 18.9 Å². The molecule has 1 saturated heterocycles. The van der Waals surface area contributed by atoms with Crippen LogP contribution >= 0.6 is 7.75 Å². The second-order valence-corrected chi connectivity index (χ2v) is 14.6. The Hall–Kier alpha value is -4.55.